The summed E-state index contributed by atoms with van der Waals surface area (Å²) in [6.45, 7) is 6.43. The average molecular weight is 386 g/mol. The molecule has 1 N–H and O–H groups in total. The Balaban J connectivity index is 1.36. The van der Waals surface area contributed by atoms with Crippen LogP contribution >= 0.6 is 0 Å². The number of carbonyl (C=O) groups excluding carboxylic acids is 1. The molecule has 0 unspecified atom stereocenters. The molecule has 2 heterocycles. The zero-order valence-electron chi connectivity index (χ0n) is 17.1. The van der Waals surface area contributed by atoms with Crippen LogP contribution in [0.3, 0.4) is 0 Å². The van der Waals surface area contributed by atoms with E-state index < -0.39 is 0 Å². The minimum absolute atomic E-state index is 0.0388. The summed E-state index contributed by atoms with van der Waals surface area (Å²) < 4.78 is 10.4. The van der Waals surface area contributed by atoms with Gasteiger partial charge in [0.15, 0.2) is 0 Å². The van der Waals surface area contributed by atoms with Crippen molar-refractivity contribution in [2.45, 2.75) is 45.4 Å². The number of benzene rings is 1. The number of likely N-dealkylation sites (tertiary alicyclic amines) is 1. The van der Waals surface area contributed by atoms with Crippen LogP contribution in [0.1, 0.15) is 50.3 Å². The quantitative estimate of drug-likeness (QED) is 0.741. The molecule has 3 rings (SSSR count). The van der Waals surface area contributed by atoms with Gasteiger partial charge in [0.2, 0.25) is 11.8 Å². The minimum Gasteiger partial charge on any atom is -0.497 e. The maximum absolute atomic E-state index is 12.3. The summed E-state index contributed by atoms with van der Waals surface area (Å²) >= 11 is 0. The summed E-state index contributed by atoms with van der Waals surface area (Å²) in [6, 6.07) is 10.1. The summed E-state index contributed by atoms with van der Waals surface area (Å²) in [5, 5.41) is 6.78. The fourth-order valence-electron chi connectivity index (χ4n) is 3.60. The van der Waals surface area contributed by atoms with Gasteiger partial charge in [-0.05, 0) is 68.3 Å². The van der Waals surface area contributed by atoms with E-state index in [9.17, 15) is 4.79 Å². The van der Waals surface area contributed by atoms with Crippen LogP contribution in [0, 0.1) is 5.92 Å². The van der Waals surface area contributed by atoms with Crippen molar-refractivity contribution < 1.29 is 14.1 Å². The minimum atomic E-state index is -0.0388. The first-order chi connectivity index (χ1) is 13.5. The Morgan fingerprint density at radius 2 is 2.00 bits per heavy atom. The van der Waals surface area contributed by atoms with Crippen molar-refractivity contribution >= 4 is 11.8 Å². The van der Waals surface area contributed by atoms with Crippen molar-refractivity contribution in [3.8, 4) is 5.75 Å². The number of ether oxygens (including phenoxy) is 1. The maximum atomic E-state index is 12.3. The van der Waals surface area contributed by atoms with E-state index in [1.54, 1.807) is 13.2 Å². The lowest BCUT2D eigenvalue weighted by molar-refractivity contribution is -0.117. The zero-order chi connectivity index (χ0) is 19.9. The van der Waals surface area contributed by atoms with Crippen molar-refractivity contribution in [1.29, 1.82) is 0 Å². The van der Waals surface area contributed by atoms with Crippen LogP contribution in [0.15, 0.2) is 34.9 Å². The summed E-state index contributed by atoms with van der Waals surface area (Å²) in [6.07, 6.45) is 4.58. The van der Waals surface area contributed by atoms with Crippen LogP contribution in [0.2, 0.25) is 0 Å². The molecule has 1 aromatic heterocycles. The van der Waals surface area contributed by atoms with Gasteiger partial charge in [-0.1, -0.05) is 31.1 Å². The van der Waals surface area contributed by atoms with Crippen molar-refractivity contribution in [3.05, 3.63) is 41.6 Å². The number of nitrogens with one attached hydrogen (secondary N) is 1. The monoisotopic (exact) mass is 385 g/mol. The summed E-state index contributed by atoms with van der Waals surface area (Å²) in [7, 11) is 1.69. The fraction of sp³-hybridized carbons (Fsp3) is 0.545. The van der Waals surface area contributed by atoms with E-state index in [0.29, 0.717) is 12.4 Å². The van der Waals surface area contributed by atoms with Crippen molar-refractivity contribution in [2.24, 2.45) is 5.92 Å². The summed E-state index contributed by atoms with van der Waals surface area (Å²) in [4.78, 5) is 14.5. The highest BCUT2D eigenvalue weighted by Crippen LogP contribution is 2.23. The second-order valence-corrected chi connectivity index (χ2v) is 7.93. The summed E-state index contributed by atoms with van der Waals surface area (Å²) in [5.74, 6) is 2.31. The number of rotatable bonds is 8. The molecule has 0 radical (unpaired) electrons. The molecule has 1 amide bonds. The number of amides is 1. The van der Waals surface area contributed by atoms with Gasteiger partial charge in [-0.25, -0.2) is 0 Å². The molecule has 0 atom stereocenters. The Bertz CT molecular complexity index is 747. The van der Waals surface area contributed by atoms with Gasteiger partial charge in [-0.3, -0.25) is 15.0 Å². The second kappa shape index (κ2) is 9.73. The molecule has 6 nitrogen and oxygen atoms in total. The van der Waals surface area contributed by atoms with E-state index in [1.165, 1.54) is 12.0 Å². The normalized spacial score (nSPS) is 15.7. The molecule has 1 saturated heterocycles. The van der Waals surface area contributed by atoms with E-state index in [2.05, 4.69) is 27.5 Å². The molecule has 0 spiro atoms. The molecule has 1 fully saturated rings. The Hall–Kier alpha value is -2.34. The topological polar surface area (TPSA) is 67.6 Å². The van der Waals surface area contributed by atoms with Gasteiger partial charge in [0.05, 0.1) is 19.3 Å². The third-order valence-corrected chi connectivity index (χ3v) is 5.46. The Morgan fingerprint density at radius 1 is 1.29 bits per heavy atom. The number of carbonyl (C=O) groups is 1. The first-order valence-corrected chi connectivity index (χ1v) is 10.1. The van der Waals surface area contributed by atoms with Crippen molar-refractivity contribution in [3.63, 3.8) is 0 Å². The van der Waals surface area contributed by atoms with E-state index in [-0.39, 0.29) is 11.8 Å². The first kappa shape index (κ1) is 20.4. The molecular formula is C22H31N3O3. The average Bonchev–Trinajstić information content (AvgIpc) is 3.16. The van der Waals surface area contributed by atoms with Crippen LogP contribution in [0.4, 0.5) is 5.88 Å². The molecule has 1 aromatic carbocycles. The number of aromatic nitrogens is 1. The van der Waals surface area contributed by atoms with Gasteiger partial charge in [0.25, 0.3) is 0 Å². The number of methoxy groups -OCH3 is 1. The molecular weight excluding hydrogens is 354 g/mol. The lowest BCUT2D eigenvalue weighted by Gasteiger charge is -2.31. The Labute approximate surface area is 167 Å². The van der Waals surface area contributed by atoms with Gasteiger partial charge in [0.1, 0.15) is 5.75 Å². The van der Waals surface area contributed by atoms with Gasteiger partial charge in [0, 0.05) is 6.07 Å². The third-order valence-electron chi connectivity index (χ3n) is 5.46. The van der Waals surface area contributed by atoms with Gasteiger partial charge in [-0.2, -0.15) is 0 Å². The SMILES string of the molecule is COc1ccc(CCC2CCN(CC(=O)Nc3cc(C(C)C)no3)CC2)cc1. The van der Waals surface area contributed by atoms with Crippen LogP contribution in [0.5, 0.6) is 5.75 Å². The number of hydrogen-bond donors (Lipinski definition) is 1. The van der Waals surface area contributed by atoms with Crippen LogP contribution in [-0.2, 0) is 11.2 Å². The Morgan fingerprint density at radius 3 is 2.61 bits per heavy atom. The molecule has 0 saturated carbocycles. The number of aryl methyl sites for hydroxylation is 1. The van der Waals surface area contributed by atoms with Gasteiger partial charge >= 0.3 is 0 Å². The highest BCUT2D eigenvalue weighted by Gasteiger charge is 2.21. The number of anilines is 1. The number of hydrogen-bond acceptors (Lipinski definition) is 5. The predicted octanol–water partition coefficient (Wildman–Crippen LogP) is 4.09. The highest BCUT2D eigenvalue weighted by atomic mass is 16.5. The number of nitrogens with zero attached hydrogens (tertiary/aromatic N) is 2. The van der Waals surface area contributed by atoms with Crippen LogP contribution in [-0.4, -0.2) is 42.7 Å². The molecule has 1 aliphatic rings. The van der Waals surface area contributed by atoms with E-state index in [0.717, 1.165) is 49.7 Å². The molecule has 2 aromatic rings. The third kappa shape index (κ3) is 5.83. The lowest BCUT2D eigenvalue weighted by Crippen LogP contribution is -2.39. The van der Waals surface area contributed by atoms with Crippen molar-refractivity contribution in [1.82, 2.24) is 10.1 Å². The van der Waals surface area contributed by atoms with Crippen molar-refractivity contribution in [2.75, 3.05) is 32.1 Å². The molecule has 152 valence electrons. The van der Waals surface area contributed by atoms with E-state index >= 15 is 0 Å². The molecule has 28 heavy (non-hydrogen) atoms. The van der Waals surface area contributed by atoms with Gasteiger partial charge in [-0.15, -0.1) is 0 Å². The fourth-order valence-corrected chi connectivity index (χ4v) is 3.60. The van der Waals surface area contributed by atoms with Crippen LogP contribution < -0.4 is 10.1 Å². The van der Waals surface area contributed by atoms with Gasteiger partial charge < -0.3 is 9.26 Å². The lowest BCUT2D eigenvalue weighted by atomic mass is 9.90. The molecule has 0 aliphatic carbocycles. The van der Waals surface area contributed by atoms with E-state index in [4.69, 9.17) is 9.26 Å². The summed E-state index contributed by atoms with van der Waals surface area (Å²) in [5.41, 5.74) is 2.21. The van der Waals surface area contributed by atoms with E-state index in [1.807, 2.05) is 26.0 Å². The van der Waals surface area contributed by atoms with Crippen LogP contribution in [0.25, 0.3) is 0 Å². The zero-order valence-corrected chi connectivity index (χ0v) is 17.1. The molecule has 1 aliphatic heterocycles. The maximum Gasteiger partial charge on any atom is 0.240 e. The highest BCUT2D eigenvalue weighted by molar-refractivity contribution is 5.90. The first-order valence-electron chi connectivity index (χ1n) is 10.1. The largest absolute Gasteiger partial charge is 0.497 e. The second-order valence-electron chi connectivity index (χ2n) is 7.93. The molecule has 6 heteroatoms. The smallest absolute Gasteiger partial charge is 0.240 e. The number of piperidine rings is 1. The Kier molecular flexibility index (Phi) is 7.09. The standard InChI is InChI=1S/C22H31N3O3/c1-16(2)20-14-22(28-24-20)23-21(26)15-25-12-10-18(11-13-25)5-4-17-6-8-19(27-3)9-7-17/h6-9,14,16,18H,4-5,10-13,15H2,1-3H3,(H,23,26). The predicted molar refractivity (Wildman–Crippen MR) is 110 cm³/mol. The molecule has 0 bridgehead atoms.